The van der Waals surface area contributed by atoms with Crippen molar-refractivity contribution in [2.24, 2.45) is 0 Å². The van der Waals surface area contributed by atoms with Crippen LogP contribution < -0.4 is 10.6 Å². The van der Waals surface area contributed by atoms with E-state index in [1.807, 2.05) is 6.92 Å². The van der Waals surface area contributed by atoms with Gasteiger partial charge in [0.05, 0.1) is 17.9 Å². The number of rotatable bonds is 6. The van der Waals surface area contributed by atoms with E-state index in [2.05, 4.69) is 10.6 Å². The van der Waals surface area contributed by atoms with Crippen LogP contribution in [0.2, 0.25) is 0 Å². The van der Waals surface area contributed by atoms with Gasteiger partial charge < -0.3 is 19.8 Å². The van der Waals surface area contributed by atoms with Gasteiger partial charge in [0.25, 0.3) is 11.8 Å². The monoisotopic (exact) mass is 412 g/mol. The molecule has 8 heteroatoms. The van der Waals surface area contributed by atoms with E-state index in [-0.39, 0.29) is 18.3 Å². The molecule has 0 saturated heterocycles. The van der Waals surface area contributed by atoms with Crippen LogP contribution in [0, 0.1) is 13.8 Å². The van der Waals surface area contributed by atoms with Gasteiger partial charge in [0.15, 0.2) is 5.76 Å². The number of furan rings is 1. The number of carbonyl (C=O) groups excluding carboxylic acids is 3. The van der Waals surface area contributed by atoms with E-state index in [1.54, 1.807) is 50.2 Å². The van der Waals surface area contributed by atoms with Gasteiger partial charge in [0.1, 0.15) is 4.88 Å². The molecule has 2 heterocycles. The zero-order chi connectivity index (χ0) is 21.0. The number of hydrogen-bond acceptors (Lipinski definition) is 6. The van der Waals surface area contributed by atoms with Gasteiger partial charge in [-0.15, -0.1) is 11.3 Å². The number of benzene rings is 1. The predicted octanol–water partition coefficient (Wildman–Crippen LogP) is 4.64. The summed E-state index contributed by atoms with van der Waals surface area (Å²) in [6, 6.07) is 9.91. The Kier molecular flexibility index (Phi) is 6.13. The topological polar surface area (TPSA) is 97.6 Å². The molecule has 0 saturated carbocycles. The molecule has 3 rings (SSSR count). The second kappa shape index (κ2) is 8.74. The Morgan fingerprint density at radius 2 is 1.83 bits per heavy atom. The number of anilines is 2. The van der Waals surface area contributed by atoms with Gasteiger partial charge in [-0.05, 0) is 62.2 Å². The minimum absolute atomic E-state index is 0.180. The smallest absolute Gasteiger partial charge is 0.348 e. The molecule has 0 bridgehead atoms. The molecule has 2 aromatic heterocycles. The molecule has 2 N–H and O–H groups in total. The molecule has 0 atom stereocenters. The standard InChI is InChI=1S/C21H20N2O5S/c1-4-27-21(26)18-13(3)10-17(29-18)23-19(24)14-8-7-12(2)15(11-14)22-20(25)16-6-5-9-28-16/h5-11H,4H2,1-3H3,(H,22,25)(H,23,24). The zero-order valence-electron chi connectivity index (χ0n) is 16.2. The maximum Gasteiger partial charge on any atom is 0.348 e. The van der Waals surface area contributed by atoms with Crippen LogP contribution in [0.3, 0.4) is 0 Å². The average molecular weight is 412 g/mol. The molecule has 0 unspecified atom stereocenters. The van der Waals surface area contributed by atoms with Gasteiger partial charge in [-0.1, -0.05) is 6.07 Å². The number of nitrogens with one attached hydrogen (secondary N) is 2. The highest BCUT2D eigenvalue weighted by Gasteiger charge is 2.17. The molecule has 0 aliphatic carbocycles. The lowest BCUT2D eigenvalue weighted by atomic mass is 10.1. The van der Waals surface area contributed by atoms with Crippen molar-refractivity contribution in [3.63, 3.8) is 0 Å². The highest BCUT2D eigenvalue weighted by molar-refractivity contribution is 7.18. The minimum Gasteiger partial charge on any atom is -0.462 e. The molecule has 150 valence electrons. The Hall–Kier alpha value is -3.39. The highest BCUT2D eigenvalue weighted by atomic mass is 32.1. The Bertz CT molecular complexity index is 1050. The maximum absolute atomic E-state index is 12.7. The summed E-state index contributed by atoms with van der Waals surface area (Å²) in [5.41, 5.74) is 2.42. The zero-order valence-corrected chi connectivity index (χ0v) is 17.0. The lowest BCUT2D eigenvalue weighted by Gasteiger charge is -2.10. The van der Waals surface area contributed by atoms with E-state index in [4.69, 9.17) is 9.15 Å². The normalized spacial score (nSPS) is 10.4. The predicted molar refractivity (Wildman–Crippen MR) is 111 cm³/mol. The van der Waals surface area contributed by atoms with E-state index in [0.29, 0.717) is 21.1 Å². The maximum atomic E-state index is 12.7. The van der Waals surface area contributed by atoms with Gasteiger partial charge >= 0.3 is 5.97 Å². The number of ether oxygens (including phenoxy) is 1. The van der Waals surface area contributed by atoms with E-state index < -0.39 is 11.9 Å². The molecule has 0 aliphatic rings. The number of esters is 1. The SMILES string of the molecule is CCOC(=O)c1sc(NC(=O)c2ccc(C)c(NC(=O)c3ccco3)c2)cc1C. The summed E-state index contributed by atoms with van der Waals surface area (Å²) in [5, 5.41) is 6.07. The Labute approximate surface area is 171 Å². The first-order chi connectivity index (χ1) is 13.9. The molecule has 0 radical (unpaired) electrons. The van der Waals surface area contributed by atoms with Crippen molar-refractivity contribution < 1.29 is 23.5 Å². The first-order valence-electron chi connectivity index (χ1n) is 8.93. The van der Waals surface area contributed by atoms with Crippen LogP contribution in [0.5, 0.6) is 0 Å². The number of carbonyl (C=O) groups is 3. The molecule has 0 aliphatic heterocycles. The average Bonchev–Trinajstić information content (AvgIpc) is 3.33. The van der Waals surface area contributed by atoms with Crippen LogP contribution >= 0.6 is 11.3 Å². The quantitative estimate of drug-likeness (QED) is 0.575. The molecule has 29 heavy (non-hydrogen) atoms. The molecule has 0 fully saturated rings. The van der Waals surface area contributed by atoms with Crippen LogP contribution in [0.1, 0.15) is 48.6 Å². The van der Waals surface area contributed by atoms with E-state index in [0.717, 1.165) is 22.5 Å². The molecule has 7 nitrogen and oxygen atoms in total. The van der Waals surface area contributed by atoms with Crippen molar-refractivity contribution in [1.29, 1.82) is 0 Å². The van der Waals surface area contributed by atoms with E-state index in [9.17, 15) is 14.4 Å². The summed E-state index contributed by atoms with van der Waals surface area (Å²) in [4.78, 5) is 37.3. The van der Waals surface area contributed by atoms with Gasteiger partial charge in [0, 0.05) is 11.3 Å². The van der Waals surface area contributed by atoms with Gasteiger partial charge in [-0.25, -0.2) is 4.79 Å². The third kappa shape index (κ3) is 4.72. The highest BCUT2D eigenvalue weighted by Crippen LogP contribution is 2.28. The molecule has 1 aromatic carbocycles. The summed E-state index contributed by atoms with van der Waals surface area (Å²) < 4.78 is 10.1. The van der Waals surface area contributed by atoms with Gasteiger partial charge in [-0.3, -0.25) is 9.59 Å². The second-order valence-electron chi connectivity index (χ2n) is 6.26. The molecular weight excluding hydrogens is 392 g/mol. The number of thiophene rings is 1. The molecular formula is C21H20N2O5S. The largest absolute Gasteiger partial charge is 0.462 e. The van der Waals surface area contributed by atoms with Crippen molar-refractivity contribution in [3.8, 4) is 0 Å². The van der Waals surface area contributed by atoms with Crippen LogP contribution in [-0.2, 0) is 4.74 Å². The van der Waals surface area contributed by atoms with E-state index in [1.165, 1.54) is 6.26 Å². The first-order valence-corrected chi connectivity index (χ1v) is 9.75. The van der Waals surface area contributed by atoms with Crippen molar-refractivity contribution in [3.05, 3.63) is 70.0 Å². The fraction of sp³-hybridized carbons (Fsp3) is 0.190. The second-order valence-corrected chi connectivity index (χ2v) is 7.31. The molecule has 0 spiro atoms. The Morgan fingerprint density at radius 3 is 2.52 bits per heavy atom. The number of amides is 2. The van der Waals surface area contributed by atoms with Crippen molar-refractivity contribution in [1.82, 2.24) is 0 Å². The first kappa shape index (κ1) is 20.3. The molecule has 2 amide bonds. The Morgan fingerprint density at radius 1 is 1.03 bits per heavy atom. The number of aryl methyl sites for hydroxylation is 2. The summed E-state index contributed by atoms with van der Waals surface area (Å²) in [6.07, 6.45) is 1.42. The van der Waals surface area contributed by atoms with Crippen LogP contribution in [0.25, 0.3) is 0 Å². The van der Waals surface area contributed by atoms with Crippen LogP contribution in [-0.4, -0.2) is 24.4 Å². The summed E-state index contributed by atoms with van der Waals surface area (Å²) in [6.45, 7) is 5.64. The number of hydrogen-bond donors (Lipinski definition) is 2. The summed E-state index contributed by atoms with van der Waals surface area (Å²) in [5.74, 6) is -0.979. The van der Waals surface area contributed by atoms with Gasteiger partial charge in [-0.2, -0.15) is 0 Å². The lowest BCUT2D eigenvalue weighted by Crippen LogP contribution is -2.14. The minimum atomic E-state index is -0.409. The fourth-order valence-electron chi connectivity index (χ4n) is 2.62. The Balaban J connectivity index is 1.75. The van der Waals surface area contributed by atoms with Gasteiger partial charge in [0.2, 0.25) is 0 Å². The van der Waals surface area contributed by atoms with Crippen molar-refractivity contribution in [2.45, 2.75) is 20.8 Å². The van der Waals surface area contributed by atoms with Crippen molar-refractivity contribution in [2.75, 3.05) is 17.2 Å². The van der Waals surface area contributed by atoms with E-state index >= 15 is 0 Å². The third-order valence-electron chi connectivity index (χ3n) is 4.11. The summed E-state index contributed by atoms with van der Waals surface area (Å²) in [7, 11) is 0. The van der Waals surface area contributed by atoms with Crippen LogP contribution in [0.4, 0.5) is 10.7 Å². The summed E-state index contributed by atoms with van der Waals surface area (Å²) >= 11 is 1.16. The van der Waals surface area contributed by atoms with Crippen molar-refractivity contribution >= 4 is 39.8 Å². The van der Waals surface area contributed by atoms with Crippen LogP contribution in [0.15, 0.2) is 47.1 Å². The lowest BCUT2D eigenvalue weighted by molar-refractivity contribution is 0.0531. The fourth-order valence-corrected chi connectivity index (χ4v) is 3.58. The third-order valence-corrected chi connectivity index (χ3v) is 5.24. The molecule has 3 aromatic rings.